The summed E-state index contributed by atoms with van der Waals surface area (Å²) in [6.45, 7) is 2.09. The van der Waals surface area contributed by atoms with Gasteiger partial charge in [-0.1, -0.05) is 17.7 Å². The van der Waals surface area contributed by atoms with E-state index in [0.29, 0.717) is 31.1 Å². The maximum Gasteiger partial charge on any atom is 0.328 e. The average molecular weight is 488 g/mol. The Balaban J connectivity index is 1.83. The molecule has 0 aromatic carbocycles. The van der Waals surface area contributed by atoms with Crippen LogP contribution in [0.15, 0.2) is 24.4 Å². The van der Waals surface area contributed by atoms with E-state index in [0.717, 1.165) is 12.1 Å². The number of aromatic nitrogens is 2. The Hall–Kier alpha value is -3.30. The number of pyridine rings is 2. The van der Waals surface area contributed by atoms with Gasteiger partial charge in [0.05, 0.1) is 17.1 Å². The van der Waals surface area contributed by atoms with Gasteiger partial charge < -0.3 is 14.4 Å². The molecule has 1 aliphatic rings. The molecule has 0 aliphatic carbocycles. The van der Waals surface area contributed by atoms with Crippen molar-refractivity contribution < 1.29 is 19.1 Å². The van der Waals surface area contributed by atoms with Gasteiger partial charge in [-0.25, -0.2) is 14.8 Å². The summed E-state index contributed by atoms with van der Waals surface area (Å²) in [5.41, 5.74) is 1.43. The van der Waals surface area contributed by atoms with Gasteiger partial charge in [0.15, 0.2) is 0 Å². The van der Waals surface area contributed by atoms with Gasteiger partial charge >= 0.3 is 6.03 Å². The predicted octanol–water partition coefficient (Wildman–Crippen LogP) is 2.24. The minimum Gasteiger partial charge on any atom is -0.350 e. The maximum atomic E-state index is 12.8. The number of hydrogen-bond donors (Lipinski definition) is 1. The van der Waals surface area contributed by atoms with E-state index < -0.39 is 12.3 Å². The van der Waals surface area contributed by atoms with Crippen LogP contribution in [0.2, 0.25) is 5.02 Å². The summed E-state index contributed by atoms with van der Waals surface area (Å²) in [6, 6.07) is 6.28. The van der Waals surface area contributed by atoms with E-state index in [4.69, 9.17) is 26.3 Å². The van der Waals surface area contributed by atoms with Crippen molar-refractivity contribution in [3.05, 3.63) is 46.2 Å². The molecule has 1 N–H and O–H groups in total. The predicted molar refractivity (Wildman–Crippen MR) is 125 cm³/mol. The summed E-state index contributed by atoms with van der Waals surface area (Å²) in [4.78, 5) is 38.9. The Bertz CT molecular complexity index is 1100. The molecule has 2 aromatic heterocycles. The number of carbonyl (C=O) groups excluding carboxylic acids is 2. The zero-order valence-corrected chi connectivity index (χ0v) is 20.2. The molecule has 12 heteroatoms. The molecule has 11 nitrogen and oxygen atoms in total. The molecule has 3 heterocycles. The first-order chi connectivity index (χ1) is 16.3. The van der Waals surface area contributed by atoms with Crippen molar-refractivity contribution in [3.8, 4) is 6.07 Å². The van der Waals surface area contributed by atoms with Crippen molar-refractivity contribution in [2.24, 2.45) is 0 Å². The van der Waals surface area contributed by atoms with Crippen LogP contribution in [0.4, 0.5) is 16.4 Å². The zero-order chi connectivity index (χ0) is 24.8. The molecule has 0 bridgehead atoms. The molecular formula is C22H26ClN7O4. The minimum atomic E-state index is -0.784. The van der Waals surface area contributed by atoms with Crippen LogP contribution in [-0.4, -0.2) is 79.7 Å². The van der Waals surface area contributed by atoms with E-state index in [1.807, 2.05) is 18.0 Å². The quantitative estimate of drug-likeness (QED) is 0.589. The Morgan fingerprint density at radius 2 is 2.09 bits per heavy atom. The highest BCUT2D eigenvalue weighted by Gasteiger charge is 2.26. The van der Waals surface area contributed by atoms with Gasteiger partial charge in [0, 0.05) is 53.2 Å². The van der Waals surface area contributed by atoms with Gasteiger partial charge in [-0.05, 0) is 18.7 Å². The number of piperazine rings is 1. The van der Waals surface area contributed by atoms with Gasteiger partial charge in [0.2, 0.25) is 12.2 Å². The van der Waals surface area contributed by atoms with Gasteiger partial charge in [-0.15, -0.1) is 0 Å². The number of carbonyl (C=O) groups is 2. The van der Waals surface area contributed by atoms with Crippen LogP contribution >= 0.6 is 11.6 Å². The number of likely N-dealkylation sites (N-methyl/N-ethyl adjacent to an activating group) is 1. The lowest BCUT2D eigenvalue weighted by Crippen LogP contribution is -2.48. The van der Waals surface area contributed by atoms with Crippen LogP contribution in [0.3, 0.4) is 0 Å². The second kappa shape index (κ2) is 11.2. The number of halogens is 1. The van der Waals surface area contributed by atoms with E-state index in [9.17, 15) is 9.59 Å². The number of rotatable bonds is 7. The highest BCUT2D eigenvalue weighted by Crippen LogP contribution is 2.25. The SMILES string of the molecule is COC(OC)c1nc(N(C)C(=O)Nc2cc(Cl)c(C#N)cn2)ccc1CN1CCN(C)CC1=O. The lowest BCUT2D eigenvalue weighted by Gasteiger charge is -2.33. The molecule has 1 aliphatic heterocycles. The monoisotopic (exact) mass is 487 g/mol. The first kappa shape index (κ1) is 25.3. The third kappa shape index (κ3) is 5.78. The number of ether oxygens (including phenoxy) is 2. The van der Waals surface area contributed by atoms with E-state index in [-0.39, 0.29) is 22.3 Å². The highest BCUT2D eigenvalue weighted by molar-refractivity contribution is 6.32. The summed E-state index contributed by atoms with van der Waals surface area (Å²) in [5, 5.41) is 11.8. The average Bonchev–Trinajstić information content (AvgIpc) is 2.82. The van der Waals surface area contributed by atoms with Gasteiger partial charge in [-0.3, -0.25) is 19.9 Å². The molecule has 180 valence electrons. The molecule has 2 aromatic rings. The number of nitrogens with zero attached hydrogens (tertiary/aromatic N) is 6. The van der Waals surface area contributed by atoms with E-state index in [1.165, 1.54) is 31.4 Å². The lowest BCUT2D eigenvalue weighted by atomic mass is 10.1. The van der Waals surface area contributed by atoms with Crippen LogP contribution in [0, 0.1) is 11.3 Å². The molecule has 0 unspecified atom stereocenters. The van der Waals surface area contributed by atoms with Crippen molar-refractivity contribution in [1.82, 2.24) is 19.8 Å². The third-order valence-corrected chi connectivity index (χ3v) is 5.69. The lowest BCUT2D eigenvalue weighted by molar-refractivity contribution is -0.136. The van der Waals surface area contributed by atoms with Crippen LogP contribution in [0.25, 0.3) is 0 Å². The molecule has 3 amide bonds. The fourth-order valence-corrected chi connectivity index (χ4v) is 3.61. The highest BCUT2D eigenvalue weighted by atomic mass is 35.5. The largest absolute Gasteiger partial charge is 0.350 e. The van der Waals surface area contributed by atoms with Crippen molar-refractivity contribution >= 4 is 35.2 Å². The molecule has 1 fully saturated rings. The van der Waals surface area contributed by atoms with Crippen molar-refractivity contribution in [2.75, 3.05) is 58.2 Å². The Kier molecular flexibility index (Phi) is 8.36. The summed E-state index contributed by atoms with van der Waals surface area (Å²) in [5.74, 6) is 0.554. The van der Waals surface area contributed by atoms with Crippen molar-refractivity contribution in [2.45, 2.75) is 12.8 Å². The number of amides is 3. The van der Waals surface area contributed by atoms with Crippen molar-refractivity contribution in [1.29, 1.82) is 5.26 Å². The number of nitrogens with one attached hydrogen (secondary N) is 1. The van der Waals surface area contributed by atoms with E-state index in [1.54, 1.807) is 24.1 Å². The molecule has 0 radical (unpaired) electrons. The molecule has 0 saturated carbocycles. The van der Waals surface area contributed by atoms with Crippen LogP contribution in [0.5, 0.6) is 0 Å². The standard InChI is InChI=1S/C22H26ClN7O4/c1-28-7-8-30(19(31)13-28)12-14-5-6-18(27-20(14)21(33-3)34-4)29(2)22(32)26-17-9-16(23)15(10-24)11-25-17/h5-6,9,11,21H,7-8,12-13H2,1-4H3,(H,25,26,32). The van der Waals surface area contributed by atoms with Crippen LogP contribution in [0.1, 0.15) is 23.1 Å². The zero-order valence-electron chi connectivity index (χ0n) is 19.4. The molecule has 34 heavy (non-hydrogen) atoms. The first-order valence-electron chi connectivity index (χ1n) is 10.4. The number of anilines is 2. The maximum absolute atomic E-state index is 12.8. The molecule has 0 atom stereocenters. The Morgan fingerprint density at radius 1 is 1.35 bits per heavy atom. The van der Waals surface area contributed by atoms with Gasteiger partial charge in [0.1, 0.15) is 23.4 Å². The molecule has 1 saturated heterocycles. The fourth-order valence-electron chi connectivity index (χ4n) is 3.41. The summed E-state index contributed by atoms with van der Waals surface area (Å²) in [6.07, 6.45) is 0.498. The van der Waals surface area contributed by atoms with Crippen LogP contribution < -0.4 is 10.2 Å². The van der Waals surface area contributed by atoms with E-state index >= 15 is 0 Å². The number of nitriles is 1. The van der Waals surface area contributed by atoms with Crippen molar-refractivity contribution in [3.63, 3.8) is 0 Å². The minimum absolute atomic E-state index is 0.0280. The Morgan fingerprint density at radius 3 is 2.71 bits per heavy atom. The molecular weight excluding hydrogens is 462 g/mol. The Labute approximate surface area is 202 Å². The van der Waals surface area contributed by atoms with Gasteiger partial charge in [-0.2, -0.15) is 5.26 Å². The second-order valence-electron chi connectivity index (χ2n) is 7.72. The summed E-state index contributed by atoms with van der Waals surface area (Å²) >= 11 is 6.01. The van der Waals surface area contributed by atoms with Gasteiger partial charge in [0.25, 0.3) is 0 Å². The second-order valence-corrected chi connectivity index (χ2v) is 8.13. The fraction of sp³-hybridized carbons (Fsp3) is 0.409. The topological polar surface area (TPSA) is 124 Å². The van der Waals surface area contributed by atoms with Crippen LogP contribution in [-0.2, 0) is 20.8 Å². The summed E-state index contributed by atoms with van der Waals surface area (Å²) < 4.78 is 10.8. The smallest absolute Gasteiger partial charge is 0.328 e. The molecule has 0 spiro atoms. The number of hydrogen-bond acceptors (Lipinski definition) is 8. The third-order valence-electron chi connectivity index (χ3n) is 5.38. The molecule has 3 rings (SSSR count). The summed E-state index contributed by atoms with van der Waals surface area (Å²) in [7, 11) is 6.43. The number of methoxy groups -OCH3 is 2. The van der Waals surface area contributed by atoms with E-state index in [2.05, 4.69) is 15.3 Å². The normalized spacial score (nSPS) is 14.3. The number of urea groups is 1. The first-order valence-corrected chi connectivity index (χ1v) is 10.8.